The van der Waals surface area contributed by atoms with Gasteiger partial charge in [0.25, 0.3) is 0 Å². The summed E-state index contributed by atoms with van der Waals surface area (Å²) in [4.78, 5) is 0. The standard InChI is InChI=1S/C12H17BrClN/c1-3-4-9(2)15-8-10-7-11(13)5-6-12(10)14/h5-7,9,15H,3-4,8H2,1-2H3. The van der Waals surface area contributed by atoms with Gasteiger partial charge in [0.1, 0.15) is 0 Å². The van der Waals surface area contributed by atoms with E-state index in [1.54, 1.807) is 0 Å². The third-order valence-corrected chi connectivity index (χ3v) is 3.23. The molecule has 0 aliphatic rings. The summed E-state index contributed by atoms with van der Waals surface area (Å²) in [6, 6.07) is 6.49. The lowest BCUT2D eigenvalue weighted by Gasteiger charge is -2.13. The largest absolute Gasteiger partial charge is 0.310 e. The van der Waals surface area contributed by atoms with Gasteiger partial charge in [0.2, 0.25) is 0 Å². The lowest BCUT2D eigenvalue weighted by Crippen LogP contribution is -2.25. The first-order valence-electron chi connectivity index (χ1n) is 5.30. The van der Waals surface area contributed by atoms with Crippen molar-refractivity contribution < 1.29 is 0 Å². The van der Waals surface area contributed by atoms with E-state index in [9.17, 15) is 0 Å². The van der Waals surface area contributed by atoms with Gasteiger partial charge in [0, 0.05) is 22.1 Å². The molecule has 1 aromatic rings. The van der Waals surface area contributed by atoms with E-state index in [1.165, 1.54) is 12.8 Å². The number of nitrogens with one attached hydrogen (secondary N) is 1. The van der Waals surface area contributed by atoms with Crippen LogP contribution in [0.1, 0.15) is 32.3 Å². The van der Waals surface area contributed by atoms with Crippen LogP contribution in [0.25, 0.3) is 0 Å². The zero-order chi connectivity index (χ0) is 11.3. The van der Waals surface area contributed by atoms with Crippen LogP contribution in [0.5, 0.6) is 0 Å². The molecule has 0 radical (unpaired) electrons. The zero-order valence-corrected chi connectivity index (χ0v) is 11.5. The van der Waals surface area contributed by atoms with E-state index < -0.39 is 0 Å². The summed E-state index contributed by atoms with van der Waals surface area (Å²) in [6.07, 6.45) is 2.41. The summed E-state index contributed by atoms with van der Waals surface area (Å²) in [5.74, 6) is 0. The number of hydrogen-bond donors (Lipinski definition) is 1. The average molecular weight is 291 g/mol. The van der Waals surface area contributed by atoms with E-state index in [2.05, 4.69) is 41.2 Å². The molecule has 84 valence electrons. The number of halogens is 2. The van der Waals surface area contributed by atoms with E-state index in [1.807, 2.05) is 12.1 Å². The van der Waals surface area contributed by atoms with Crippen molar-refractivity contribution in [2.45, 2.75) is 39.3 Å². The average Bonchev–Trinajstić information content (AvgIpc) is 2.20. The molecule has 1 unspecified atom stereocenters. The SMILES string of the molecule is CCCC(C)NCc1cc(Br)ccc1Cl. The lowest BCUT2D eigenvalue weighted by molar-refractivity contribution is 0.508. The Labute approximate surface area is 105 Å². The van der Waals surface area contributed by atoms with Gasteiger partial charge in [0.15, 0.2) is 0 Å². The summed E-state index contributed by atoms with van der Waals surface area (Å²) < 4.78 is 1.08. The van der Waals surface area contributed by atoms with Gasteiger partial charge in [-0.25, -0.2) is 0 Å². The second-order valence-corrected chi connectivity index (χ2v) is 5.13. The molecule has 0 saturated carbocycles. The van der Waals surface area contributed by atoms with Gasteiger partial charge in [-0.05, 0) is 37.1 Å². The van der Waals surface area contributed by atoms with Crippen molar-refractivity contribution in [3.05, 3.63) is 33.3 Å². The molecule has 3 heteroatoms. The molecule has 1 atom stereocenters. The molecule has 0 aromatic heterocycles. The highest BCUT2D eigenvalue weighted by Crippen LogP contribution is 2.20. The first-order chi connectivity index (χ1) is 7.13. The van der Waals surface area contributed by atoms with Gasteiger partial charge >= 0.3 is 0 Å². The van der Waals surface area contributed by atoms with Gasteiger partial charge in [-0.15, -0.1) is 0 Å². The Kier molecular flexibility index (Phi) is 5.65. The third-order valence-electron chi connectivity index (χ3n) is 2.37. The van der Waals surface area contributed by atoms with Crippen molar-refractivity contribution >= 4 is 27.5 Å². The predicted molar refractivity (Wildman–Crippen MR) is 70.4 cm³/mol. The fourth-order valence-electron chi connectivity index (χ4n) is 1.50. The molecule has 0 spiro atoms. The van der Waals surface area contributed by atoms with Gasteiger partial charge in [-0.1, -0.05) is 40.9 Å². The van der Waals surface area contributed by atoms with Crippen LogP contribution in [-0.4, -0.2) is 6.04 Å². The van der Waals surface area contributed by atoms with Crippen LogP contribution in [0.2, 0.25) is 5.02 Å². The fourth-order valence-corrected chi connectivity index (χ4v) is 2.09. The minimum Gasteiger partial charge on any atom is -0.310 e. The van der Waals surface area contributed by atoms with Gasteiger partial charge in [-0.2, -0.15) is 0 Å². The second-order valence-electron chi connectivity index (χ2n) is 3.81. The maximum atomic E-state index is 6.10. The maximum Gasteiger partial charge on any atom is 0.0451 e. The summed E-state index contributed by atoms with van der Waals surface area (Å²) in [6.45, 7) is 5.24. The molecule has 0 saturated heterocycles. The third kappa shape index (κ3) is 4.54. The topological polar surface area (TPSA) is 12.0 Å². The van der Waals surface area contributed by atoms with Crippen molar-refractivity contribution in [2.24, 2.45) is 0 Å². The lowest BCUT2D eigenvalue weighted by atomic mass is 10.1. The molecule has 0 amide bonds. The molecule has 1 N–H and O–H groups in total. The quantitative estimate of drug-likeness (QED) is 0.848. The highest BCUT2D eigenvalue weighted by atomic mass is 79.9. The van der Waals surface area contributed by atoms with Gasteiger partial charge < -0.3 is 5.32 Å². The second kappa shape index (κ2) is 6.51. The highest BCUT2D eigenvalue weighted by molar-refractivity contribution is 9.10. The molecule has 0 heterocycles. The fraction of sp³-hybridized carbons (Fsp3) is 0.500. The summed E-state index contributed by atoms with van der Waals surface area (Å²) >= 11 is 9.54. The maximum absolute atomic E-state index is 6.10. The van der Waals surface area contributed by atoms with Crippen LogP contribution in [0, 0.1) is 0 Å². The summed E-state index contributed by atoms with van der Waals surface area (Å²) in [7, 11) is 0. The highest BCUT2D eigenvalue weighted by Gasteiger charge is 2.03. The summed E-state index contributed by atoms with van der Waals surface area (Å²) in [5, 5.41) is 4.29. The molecule has 0 aliphatic carbocycles. The smallest absolute Gasteiger partial charge is 0.0451 e. The first-order valence-corrected chi connectivity index (χ1v) is 6.48. The summed E-state index contributed by atoms with van der Waals surface area (Å²) in [5.41, 5.74) is 1.15. The van der Waals surface area contributed by atoms with Crippen molar-refractivity contribution in [2.75, 3.05) is 0 Å². The monoisotopic (exact) mass is 289 g/mol. The van der Waals surface area contributed by atoms with Gasteiger partial charge in [0.05, 0.1) is 0 Å². The Morgan fingerprint density at radius 1 is 1.47 bits per heavy atom. The molecule has 1 nitrogen and oxygen atoms in total. The number of hydrogen-bond acceptors (Lipinski definition) is 1. The normalized spacial score (nSPS) is 12.8. The minimum absolute atomic E-state index is 0.546. The van der Waals surface area contributed by atoms with E-state index in [0.717, 1.165) is 21.6 Å². The Hall–Kier alpha value is -0.0500. The molecule has 0 fully saturated rings. The predicted octanol–water partition coefficient (Wildman–Crippen LogP) is 4.38. The molecule has 1 rings (SSSR count). The molecular weight excluding hydrogens is 273 g/mol. The Morgan fingerprint density at radius 2 is 2.20 bits per heavy atom. The zero-order valence-electron chi connectivity index (χ0n) is 9.19. The van der Waals surface area contributed by atoms with Crippen LogP contribution in [0.4, 0.5) is 0 Å². The van der Waals surface area contributed by atoms with Crippen LogP contribution in [0.3, 0.4) is 0 Å². The van der Waals surface area contributed by atoms with Crippen LogP contribution >= 0.6 is 27.5 Å². The molecule has 0 aliphatic heterocycles. The Balaban J connectivity index is 2.53. The Morgan fingerprint density at radius 3 is 2.87 bits per heavy atom. The molecule has 0 bridgehead atoms. The van der Waals surface area contributed by atoms with E-state index >= 15 is 0 Å². The van der Waals surface area contributed by atoms with Crippen molar-refractivity contribution in [3.8, 4) is 0 Å². The number of rotatable bonds is 5. The van der Waals surface area contributed by atoms with Crippen LogP contribution < -0.4 is 5.32 Å². The molecule has 1 aromatic carbocycles. The molecular formula is C12H17BrClN. The van der Waals surface area contributed by atoms with Crippen molar-refractivity contribution in [1.29, 1.82) is 0 Å². The Bertz CT molecular complexity index is 314. The van der Waals surface area contributed by atoms with Crippen molar-refractivity contribution in [1.82, 2.24) is 5.32 Å². The van der Waals surface area contributed by atoms with E-state index in [-0.39, 0.29) is 0 Å². The van der Waals surface area contributed by atoms with Crippen LogP contribution in [0.15, 0.2) is 22.7 Å². The van der Waals surface area contributed by atoms with Crippen molar-refractivity contribution in [3.63, 3.8) is 0 Å². The van der Waals surface area contributed by atoms with E-state index in [4.69, 9.17) is 11.6 Å². The van der Waals surface area contributed by atoms with E-state index in [0.29, 0.717) is 6.04 Å². The first kappa shape index (κ1) is 13.0. The minimum atomic E-state index is 0.546. The number of benzene rings is 1. The molecule has 15 heavy (non-hydrogen) atoms. The van der Waals surface area contributed by atoms with Crippen LogP contribution in [-0.2, 0) is 6.54 Å². The van der Waals surface area contributed by atoms with Gasteiger partial charge in [-0.3, -0.25) is 0 Å².